The Hall–Kier alpha value is -3.50. The molecule has 2 aromatic carbocycles. The SMILES string of the molecule is CCOC(=O)c1cc(NC(=O)CN2C(=O)S/C(=C/c3ccc(OC(C)C)c(OCC)c3)C2=O)ccc1Cl. The number of thioether (sulfide) groups is 1. The average molecular weight is 547 g/mol. The zero-order chi connectivity index (χ0) is 27.1. The number of esters is 1. The van der Waals surface area contributed by atoms with E-state index in [2.05, 4.69) is 5.32 Å². The molecule has 0 bridgehead atoms. The highest BCUT2D eigenvalue weighted by Gasteiger charge is 2.36. The maximum atomic E-state index is 12.9. The van der Waals surface area contributed by atoms with E-state index in [4.69, 9.17) is 25.8 Å². The summed E-state index contributed by atoms with van der Waals surface area (Å²) in [7, 11) is 0. The van der Waals surface area contributed by atoms with Crippen molar-refractivity contribution in [2.45, 2.75) is 33.8 Å². The van der Waals surface area contributed by atoms with Gasteiger partial charge in [0.1, 0.15) is 6.54 Å². The summed E-state index contributed by atoms with van der Waals surface area (Å²) in [5.74, 6) is -0.736. The fourth-order valence-electron chi connectivity index (χ4n) is 3.33. The number of amides is 3. The van der Waals surface area contributed by atoms with Gasteiger partial charge in [0.25, 0.3) is 11.1 Å². The first-order chi connectivity index (χ1) is 17.6. The molecule has 1 aliphatic rings. The fourth-order valence-corrected chi connectivity index (χ4v) is 4.37. The smallest absolute Gasteiger partial charge is 0.339 e. The number of carbonyl (C=O) groups excluding carboxylic acids is 4. The summed E-state index contributed by atoms with van der Waals surface area (Å²) in [5.41, 5.74) is 1.00. The molecule has 11 heteroatoms. The molecule has 0 unspecified atom stereocenters. The first kappa shape index (κ1) is 28.1. The molecule has 1 N–H and O–H groups in total. The Balaban J connectivity index is 1.72. The summed E-state index contributed by atoms with van der Waals surface area (Å²) in [4.78, 5) is 51.1. The fraction of sp³-hybridized carbons (Fsp3) is 0.308. The molecule has 1 fully saturated rings. The predicted octanol–water partition coefficient (Wildman–Crippen LogP) is 5.38. The number of benzene rings is 2. The van der Waals surface area contributed by atoms with Crippen LogP contribution in [-0.2, 0) is 14.3 Å². The summed E-state index contributed by atoms with van der Waals surface area (Å²) >= 11 is 6.79. The Kier molecular flexibility index (Phi) is 9.60. The maximum Gasteiger partial charge on any atom is 0.339 e. The van der Waals surface area contributed by atoms with Crippen LogP contribution in [0.1, 0.15) is 43.6 Å². The van der Waals surface area contributed by atoms with Crippen molar-refractivity contribution in [3.05, 3.63) is 57.5 Å². The van der Waals surface area contributed by atoms with Crippen molar-refractivity contribution >= 4 is 58.1 Å². The first-order valence-electron chi connectivity index (χ1n) is 11.6. The zero-order valence-electron chi connectivity index (χ0n) is 20.8. The molecule has 0 spiro atoms. The topological polar surface area (TPSA) is 111 Å². The van der Waals surface area contributed by atoms with Gasteiger partial charge in [0.05, 0.1) is 34.8 Å². The Labute approximate surface area is 224 Å². The van der Waals surface area contributed by atoms with E-state index >= 15 is 0 Å². The minimum Gasteiger partial charge on any atom is -0.490 e. The number of hydrogen-bond donors (Lipinski definition) is 1. The number of ether oxygens (including phenoxy) is 3. The molecule has 0 atom stereocenters. The molecule has 0 aliphatic carbocycles. The molecule has 0 aromatic heterocycles. The zero-order valence-corrected chi connectivity index (χ0v) is 22.4. The van der Waals surface area contributed by atoms with Crippen molar-refractivity contribution < 1.29 is 33.4 Å². The van der Waals surface area contributed by atoms with Gasteiger partial charge in [0.2, 0.25) is 5.91 Å². The third-order valence-electron chi connectivity index (χ3n) is 4.85. The lowest BCUT2D eigenvalue weighted by Crippen LogP contribution is -2.36. The second kappa shape index (κ2) is 12.6. The largest absolute Gasteiger partial charge is 0.490 e. The average Bonchev–Trinajstić information content (AvgIpc) is 3.09. The van der Waals surface area contributed by atoms with E-state index in [1.54, 1.807) is 31.2 Å². The van der Waals surface area contributed by atoms with Crippen LogP contribution in [-0.4, -0.2) is 53.8 Å². The highest BCUT2D eigenvalue weighted by molar-refractivity contribution is 8.18. The van der Waals surface area contributed by atoms with Gasteiger partial charge < -0.3 is 19.5 Å². The van der Waals surface area contributed by atoms with Gasteiger partial charge in [-0.3, -0.25) is 19.3 Å². The van der Waals surface area contributed by atoms with Gasteiger partial charge >= 0.3 is 5.97 Å². The first-order valence-corrected chi connectivity index (χ1v) is 12.8. The summed E-state index contributed by atoms with van der Waals surface area (Å²) in [6.45, 7) is 7.43. The Bertz CT molecular complexity index is 1250. The molecule has 2 aromatic rings. The highest BCUT2D eigenvalue weighted by Crippen LogP contribution is 2.35. The molecule has 0 saturated carbocycles. The standard InChI is InChI=1S/C26H27ClN2O7S/c1-5-34-21-11-16(7-10-20(21)36-15(3)4)12-22-24(31)29(26(33)37-22)14-23(30)28-17-8-9-19(27)18(13-17)25(32)35-6-2/h7-13,15H,5-6,14H2,1-4H3,(H,28,30)/b22-12+. The van der Waals surface area contributed by atoms with Crippen molar-refractivity contribution in [1.29, 1.82) is 0 Å². The van der Waals surface area contributed by atoms with Crippen LogP contribution in [0.25, 0.3) is 6.08 Å². The van der Waals surface area contributed by atoms with Crippen molar-refractivity contribution in [2.24, 2.45) is 0 Å². The number of anilines is 1. The number of carbonyl (C=O) groups is 4. The number of nitrogens with one attached hydrogen (secondary N) is 1. The van der Waals surface area contributed by atoms with Gasteiger partial charge in [-0.2, -0.15) is 0 Å². The third kappa shape index (κ3) is 7.27. The maximum absolute atomic E-state index is 12.9. The molecule has 0 radical (unpaired) electrons. The number of imide groups is 1. The van der Waals surface area contributed by atoms with Crippen LogP contribution >= 0.6 is 23.4 Å². The van der Waals surface area contributed by atoms with Crippen LogP contribution in [0.15, 0.2) is 41.3 Å². The van der Waals surface area contributed by atoms with Crippen LogP contribution in [0, 0.1) is 0 Å². The van der Waals surface area contributed by atoms with Crippen LogP contribution in [0.5, 0.6) is 11.5 Å². The molecule has 196 valence electrons. The van der Waals surface area contributed by atoms with E-state index < -0.39 is 29.6 Å². The Morgan fingerprint density at radius 2 is 1.84 bits per heavy atom. The molecule has 1 aliphatic heterocycles. The lowest BCUT2D eigenvalue weighted by atomic mass is 10.1. The van der Waals surface area contributed by atoms with Crippen molar-refractivity contribution in [1.82, 2.24) is 4.90 Å². The Morgan fingerprint density at radius 3 is 2.51 bits per heavy atom. The van der Waals surface area contributed by atoms with Gasteiger partial charge in [0.15, 0.2) is 11.5 Å². The molecule has 9 nitrogen and oxygen atoms in total. The summed E-state index contributed by atoms with van der Waals surface area (Å²) in [5, 5.41) is 2.17. The van der Waals surface area contributed by atoms with E-state index in [1.807, 2.05) is 20.8 Å². The minimum atomic E-state index is -0.629. The van der Waals surface area contributed by atoms with Gasteiger partial charge in [0, 0.05) is 5.69 Å². The van der Waals surface area contributed by atoms with Gasteiger partial charge in [-0.25, -0.2) is 4.79 Å². The van der Waals surface area contributed by atoms with E-state index in [9.17, 15) is 19.2 Å². The molecule has 3 rings (SSSR count). The number of rotatable bonds is 10. The minimum absolute atomic E-state index is 0.0441. The number of nitrogens with zero attached hydrogens (tertiary/aromatic N) is 1. The molecule has 3 amide bonds. The van der Waals surface area contributed by atoms with Crippen LogP contribution in [0.4, 0.5) is 10.5 Å². The van der Waals surface area contributed by atoms with E-state index in [0.29, 0.717) is 23.7 Å². The van der Waals surface area contributed by atoms with Crippen molar-refractivity contribution in [3.8, 4) is 11.5 Å². The number of halogens is 1. The summed E-state index contributed by atoms with van der Waals surface area (Å²) in [6, 6.07) is 9.53. The monoisotopic (exact) mass is 546 g/mol. The molecule has 1 saturated heterocycles. The van der Waals surface area contributed by atoms with Gasteiger partial charge in [-0.1, -0.05) is 17.7 Å². The highest BCUT2D eigenvalue weighted by atomic mass is 35.5. The normalized spacial score (nSPS) is 14.3. The quantitative estimate of drug-likeness (QED) is 0.312. The Morgan fingerprint density at radius 1 is 1.08 bits per heavy atom. The van der Waals surface area contributed by atoms with E-state index in [1.165, 1.54) is 18.2 Å². The van der Waals surface area contributed by atoms with E-state index in [0.717, 1.165) is 16.7 Å². The summed E-state index contributed by atoms with van der Waals surface area (Å²) < 4.78 is 16.4. The molecular weight excluding hydrogens is 520 g/mol. The predicted molar refractivity (Wildman–Crippen MR) is 142 cm³/mol. The van der Waals surface area contributed by atoms with Crippen molar-refractivity contribution in [2.75, 3.05) is 25.1 Å². The second-order valence-electron chi connectivity index (χ2n) is 8.04. The van der Waals surface area contributed by atoms with Crippen LogP contribution in [0.3, 0.4) is 0 Å². The molecular formula is C26H27ClN2O7S. The van der Waals surface area contributed by atoms with Gasteiger partial charge in [-0.15, -0.1) is 0 Å². The van der Waals surface area contributed by atoms with Crippen molar-refractivity contribution in [3.63, 3.8) is 0 Å². The molecule has 1 heterocycles. The van der Waals surface area contributed by atoms with Crippen LogP contribution in [0.2, 0.25) is 5.02 Å². The van der Waals surface area contributed by atoms with Gasteiger partial charge in [-0.05, 0) is 81.4 Å². The number of hydrogen-bond acceptors (Lipinski definition) is 8. The lowest BCUT2D eigenvalue weighted by Gasteiger charge is -2.15. The second-order valence-corrected chi connectivity index (χ2v) is 9.44. The van der Waals surface area contributed by atoms with E-state index in [-0.39, 0.29) is 33.9 Å². The lowest BCUT2D eigenvalue weighted by molar-refractivity contribution is -0.127. The summed E-state index contributed by atoms with van der Waals surface area (Å²) in [6.07, 6.45) is 1.52. The van der Waals surface area contributed by atoms with Crippen LogP contribution < -0.4 is 14.8 Å². The third-order valence-corrected chi connectivity index (χ3v) is 6.09. The molecule has 37 heavy (non-hydrogen) atoms.